The number of hydrogen-bond acceptors (Lipinski definition) is 8. The van der Waals surface area contributed by atoms with Crippen molar-refractivity contribution in [1.29, 1.82) is 0 Å². The molecule has 0 bridgehead atoms. The first-order chi connectivity index (χ1) is 17.8. The van der Waals surface area contributed by atoms with Gasteiger partial charge in [0.05, 0.1) is 24.6 Å². The Balaban J connectivity index is 1.33. The number of nitrogens with one attached hydrogen (secondary N) is 2. The van der Waals surface area contributed by atoms with Crippen LogP contribution in [0.2, 0.25) is 5.02 Å². The Kier molecular flexibility index (Phi) is 5.64. The zero-order valence-electron chi connectivity index (χ0n) is 19.4. The smallest absolute Gasteiger partial charge is 0.433 e. The average Bonchev–Trinajstić information content (AvgIpc) is 3.58. The molecule has 0 atom stereocenters. The van der Waals surface area contributed by atoms with E-state index in [-0.39, 0.29) is 34.2 Å². The van der Waals surface area contributed by atoms with Gasteiger partial charge in [0.25, 0.3) is 0 Å². The summed E-state index contributed by atoms with van der Waals surface area (Å²) in [5.74, 6) is 0.943. The second kappa shape index (κ2) is 8.88. The van der Waals surface area contributed by atoms with E-state index in [2.05, 4.69) is 35.8 Å². The molecule has 0 amide bonds. The van der Waals surface area contributed by atoms with Crippen molar-refractivity contribution in [3.63, 3.8) is 0 Å². The molecule has 0 spiro atoms. The van der Waals surface area contributed by atoms with Crippen molar-refractivity contribution < 1.29 is 17.9 Å². The van der Waals surface area contributed by atoms with Crippen molar-refractivity contribution in [1.82, 2.24) is 44.2 Å². The van der Waals surface area contributed by atoms with Crippen LogP contribution in [-0.4, -0.2) is 52.0 Å². The number of rotatable bonds is 5. The quantitative estimate of drug-likeness (QED) is 0.344. The Morgan fingerprint density at radius 1 is 1.16 bits per heavy atom. The molecule has 6 rings (SSSR count). The van der Waals surface area contributed by atoms with Crippen molar-refractivity contribution in [3.05, 3.63) is 47.8 Å². The number of fused-ring (bicyclic) bond motifs is 2. The fourth-order valence-electron chi connectivity index (χ4n) is 4.42. The number of alkyl halides is 3. The van der Waals surface area contributed by atoms with Crippen LogP contribution in [0.15, 0.2) is 37.1 Å². The molecular formula is C22H20ClF3N10O. The lowest BCUT2D eigenvalue weighted by Crippen LogP contribution is -2.31. The van der Waals surface area contributed by atoms with Crippen LogP contribution in [0.4, 0.5) is 24.9 Å². The fourth-order valence-corrected chi connectivity index (χ4v) is 4.72. The topological polar surface area (TPSA) is 112 Å². The van der Waals surface area contributed by atoms with Gasteiger partial charge in [-0.2, -0.15) is 28.4 Å². The summed E-state index contributed by atoms with van der Waals surface area (Å²) in [6.45, 7) is 1.27. The Labute approximate surface area is 212 Å². The third kappa shape index (κ3) is 4.21. The van der Waals surface area contributed by atoms with Crippen LogP contribution in [0.1, 0.15) is 24.6 Å². The standard InChI is InChI=1S/C22H20ClF3N10O/c1-34-19-18(23)15(37-14-11-30-35-7-6-28-9-13(14)35)10-29-20(19)32-21(34)31-17-8-16(22(24,25)26)36(33-17)12-2-4-27-5-3-12/h6-12,27H,2-5H2,1H3,(H,29,31,32,33). The van der Waals surface area contributed by atoms with Gasteiger partial charge in [0, 0.05) is 25.5 Å². The van der Waals surface area contributed by atoms with Crippen molar-refractivity contribution in [2.24, 2.45) is 7.05 Å². The van der Waals surface area contributed by atoms with Gasteiger partial charge in [0.1, 0.15) is 21.7 Å². The van der Waals surface area contributed by atoms with Gasteiger partial charge in [-0.3, -0.25) is 9.67 Å². The molecule has 6 heterocycles. The van der Waals surface area contributed by atoms with Gasteiger partial charge in [-0.25, -0.2) is 9.50 Å². The van der Waals surface area contributed by atoms with E-state index < -0.39 is 11.9 Å². The number of anilines is 2. The number of aryl methyl sites for hydroxylation is 1. The molecular weight excluding hydrogens is 513 g/mol. The summed E-state index contributed by atoms with van der Waals surface area (Å²) in [6, 6.07) is 0.643. The van der Waals surface area contributed by atoms with Gasteiger partial charge in [-0.15, -0.1) is 0 Å². The number of ether oxygens (including phenoxy) is 1. The monoisotopic (exact) mass is 532 g/mol. The van der Waals surface area contributed by atoms with Gasteiger partial charge in [-0.1, -0.05) is 11.6 Å². The van der Waals surface area contributed by atoms with Crippen molar-refractivity contribution in [3.8, 4) is 11.5 Å². The van der Waals surface area contributed by atoms with E-state index in [0.717, 1.165) is 10.7 Å². The minimum atomic E-state index is -4.55. The molecule has 5 aromatic heterocycles. The Hall–Kier alpha value is -3.91. The van der Waals surface area contributed by atoms with E-state index in [9.17, 15) is 13.2 Å². The molecule has 37 heavy (non-hydrogen) atoms. The highest BCUT2D eigenvalue weighted by atomic mass is 35.5. The molecule has 0 aromatic carbocycles. The average molecular weight is 533 g/mol. The van der Waals surface area contributed by atoms with E-state index in [0.29, 0.717) is 42.7 Å². The summed E-state index contributed by atoms with van der Waals surface area (Å²) >= 11 is 6.65. The van der Waals surface area contributed by atoms with Crippen LogP contribution in [-0.2, 0) is 13.2 Å². The normalized spacial score (nSPS) is 15.1. The first kappa shape index (κ1) is 23.5. The number of hydrogen-bond donors (Lipinski definition) is 2. The van der Waals surface area contributed by atoms with Crippen molar-refractivity contribution in [2.75, 3.05) is 18.4 Å². The largest absolute Gasteiger partial charge is 0.450 e. The molecule has 192 valence electrons. The molecule has 0 radical (unpaired) electrons. The van der Waals surface area contributed by atoms with Gasteiger partial charge in [0.15, 0.2) is 23.0 Å². The lowest BCUT2D eigenvalue weighted by molar-refractivity contribution is -0.145. The van der Waals surface area contributed by atoms with Crippen LogP contribution in [0.25, 0.3) is 16.7 Å². The third-order valence-electron chi connectivity index (χ3n) is 6.23. The minimum absolute atomic E-state index is 0.0238. The summed E-state index contributed by atoms with van der Waals surface area (Å²) in [6.07, 6.45) is 4.41. The highest BCUT2D eigenvalue weighted by Gasteiger charge is 2.38. The van der Waals surface area contributed by atoms with Gasteiger partial charge < -0.3 is 19.9 Å². The lowest BCUT2D eigenvalue weighted by atomic mass is 10.1. The second-order valence-corrected chi connectivity index (χ2v) is 8.96. The minimum Gasteiger partial charge on any atom is -0.450 e. The van der Waals surface area contributed by atoms with Gasteiger partial charge >= 0.3 is 6.18 Å². The molecule has 1 aliphatic heterocycles. The van der Waals surface area contributed by atoms with Crippen molar-refractivity contribution in [2.45, 2.75) is 25.1 Å². The van der Waals surface area contributed by atoms with Crippen LogP contribution >= 0.6 is 11.6 Å². The maximum absolute atomic E-state index is 13.8. The maximum Gasteiger partial charge on any atom is 0.433 e. The van der Waals surface area contributed by atoms with Crippen molar-refractivity contribution >= 4 is 40.0 Å². The fraction of sp³-hybridized carbons (Fsp3) is 0.318. The first-order valence-corrected chi connectivity index (χ1v) is 11.8. The number of pyridine rings is 1. The first-order valence-electron chi connectivity index (χ1n) is 11.4. The Morgan fingerprint density at radius 2 is 1.97 bits per heavy atom. The molecule has 2 N–H and O–H groups in total. The molecule has 11 nitrogen and oxygen atoms in total. The summed E-state index contributed by atoms with van der Waals surface area (Å²) in [7, 11) is 1.67. The summed E-state index contributed by atoms with van der Waals surface area (Å²) in [5.41, 5.74) is 0.550. The molecule has 5 aromatic rings. The Bertz CT molecular complexity index is 1600. The van der Waals surface area contributed by atoms with Crippen LogP contribution in [0.3, 0.4) is 0 Å². The van der Waals surface area contributed by atoms with Crippen LogP contribution in [0.5, 0.6) is 11.5 Å². The van der Waals surface area contributed by atoms with Gasteiger partial charge in [0.2, 0.25) is 5.95 Å². The summed E-state index contributed by atoms with van der Waals surface area (Å²) in [5, 5.41) is 14.7. The zero-order valence-corrected chi connectivity index (χ0v) is 20.1. The van der Waals surface area contributed by atoms with E-state index in [1.165, 1.54) is 12.4 Å². The van der Waals surface area contributed by atoms with Crippen LogP contribution in [0, 0.1) is 0 Å². The van der Waals surface area contributed by atoms with E-state index in [1.807, 2.05) is 0 Å². The summed E-state index contributed by atoms with van der Waals surface area (Å²) in [4.78, 5) is 12.8. The highest BCUT2D eigenvalue weighted by molar-refractivity contribution is 6.36. The number of nitrogens with zero attached hydrogens (tertiary/aromatic N) is 8. The number of halogens is 4. The SMILES string of the molecule is Cn1c(Nc2cc(C(F)(F)F)n(C3CCNCC3)n2)nc2ncc(Oc3cnn4ccncc34)c(Cl)c21. The highest BCUT2D eigenvalue weighted by Crippen LogP contribution is 2.38. The molecule has 0 saturated carbocycles. The molecule has 15 heteroatoms. The predicted octanol–water partition coefficient (Wildman–Crippen LogP) is 4.34. The second-order valence-electron chi connectivity index (χ2n) is 8.58. The molecule has 1 fully saturated rings. The molecule has 1 aliphatic rings. The third-order valence-corrected chi connectivity index (χ3v) is 6.60. The lowest BCUT2D eigenvalue weighted by Gasteiger charge is -2.25. The number of imidazole rings is 1. The Morgan fingerprint density at radius 3 is 2.76 bits per heavy atom. The maximum atomic E-state index is 13.8. The van der Waals surface area contributed by atoms with E-state index in [4.69, 9.17) is 16.3 Å². The van der Waals surface area contributed by atoms with Crippen LogP contribution < -0.4 is 15.4 Å². The molecule has 0 unspecified atom stereocenters. The molecule has 1 saturated heterocycles. The predicted molar refractivity (Wildman–Crippen MR) is 128 cm³/mol. The van der Waals surface area contributed by atoms with E-state index >= 15 is 0 Å². The van der Waals surface area contributed by atoms with Gasteiger partial charge in [-0.05, 0) is 25.9 Å². The molecule has 0 aliphatic carbocycles. The number of piperidine rings is 1. The zero-order chi connectivity index (χ0) is 25.7. The van der Waals surface area contributed by atoms with E-state index in [1.54, 1.807) is 34.7 Å². The summed E-state index contributed by atoms with van der Waals surface area (Å²) < 4.78 is 51.5. The number of aromatic nitrogens is 8.